The van der Waals surface area contributed by atoms with Gasteiger partial charge in [0.2, 0.25) is 0 Å². The highest BCUT2D eigenvalue weighted by atomic mass is 32.1. The Morgan fingerprint density at radius 1 is 1.46 bits per heavy atom. The van der Waals surface area contributed by atoms with Gasteiger partial charge in [0, 0.05) is 12.6 Å². The minimum atomic E-state index is 0.466. The second-order valence-electron chi connectivity index (χ2n) is 3.55. The van der Waals surface area contributed by atoms with Crippen LogP contribution in [-0.4, -0.2) is 24.5 Å². The summed E-state index contributed by atoms with van der Waals surface area (Å²) in [5.74, 6) is 0. The maximum absolute atomic E-state index is 5.81. The minimum absolute atomic E-state index is 0.466. The highest BCUT2D eigenvalue weighted by molar-refractivity contribution is 7.07. The van der Waals surface area contributed by atoms with Gasteiger partial charge < -0.3 is 5.73 Å². The van der Waals surface area contributed by atoms with Gasteiger partial charge in [0.1, 0.15) is 0 Å². The van der Waals surface area contributed by atoms with Crippen LogP contribution in [0.2, 0.25) is 0 Å². The van der Waals surface area contributed by atoms with Crippen LogP contribution in [0.15, 0.2) is 16.8 Å². The summed E-state index contributed by atoms with van der Waals surface area (Å²) in [6.45, 7) is 3.19. The van der Waals surface area contributed by atoms with Crippen molar-refractivity contribution < 1.29 is 0 Å². The standard InChI is InChI=1S/C10H16N2S/c11-7-10(9-3-6-13-8-9)12-4-1-2-5-12/h3,6,8,10H,1-2,4-5,7,11H2/t10-/m0/s1. The molecular weight excluding hydrogens is 180 g/mol. The maximum Gasteiger partial charge on any atom is 0.0478 e. The number of thiophene rings is 1. The molecule has 0 aliphatic carbocycles. The zero-order valence-electron chi connectivity index (χ0n) is 7.78. The van der Waals surface area contributed by atoms with Gasteiger partial charge in [0.05, 0.1) is 0 Å². The molecule has 1 saturated heterocycles. The highest BCUT2D eigenvalue weighted by Gasteiger charge is 2.21. The van der Waals surface area contributed by atoms with Crippen molar-refractivity contribution in [2.24, 2.45) is 5.73 Å². The lowest BCUT2D eigenvalue weighted by Crippen LogP contribution is -2.30. The van der Waals surface area contributed by atoms with Crippen LogP contribution in [0.4, 0.5) is 0 Å². The lowest BCUT2D eigenvalue weighted by molar-refractivity contribution is 0.252. The Labute approximate surface area is 83.4 Å². The summed E-state index contributed by atoms with van der Waals surface area (Å²) in [5.41, 5.74) is 7.20. The largest absolute Gasteiger partial charge is 0.329 e. The average Bonchev–Trinajstić information content (AvgIpc) is 2.76. The lowest BCUT2D eigenvalue weighted by Gasteiger charge is -2.25. The van der Waals surface area contributed by atoms with E-state index in [0.717, 1.165) is 6.54 Å². The van der Waals surface area contributed by atoms with Crippen LogP contribution in [0.1, 0.15) is 24.4 Å². The average molecular weight is 196 g/mol. The Morgan fingerprint density at radius 2 is 2.23 bits per heavy atom. The van der Waals surface area contributed by atoms with E-state index in [9.17, 15) is 0 Å². The molecule has 1 aliphatic rings. The summed E-state index contributed by atoms with van der Waals surface area (Å²) in [6, 6.07) is 2.66. The Balaban J connectivity index is 2.08. The molecule has 1 fully saturated rings. The zero-order valence-corrected chi connectivity index (χ0v) is 8.59. The van der Waals surface area contributed by atoms with Crippen molar-refractivity contribution in [3.05, 3.63) is 22.4 Å². The second kappa shape index (κ2) is 4.22. The van der Waals surface area contributed by atoms with Gasteiger partial charge in [-0.2, -0.15) is 11.3 Å². The molecule has 13 heavy (non-hydrogen) atoms. The molecule has 2 heterocycles. The van der Waals surface area contributed by atoms with E-state index in [-0.39, 0.29) is 0 Å². The molecule has 0 saturated carbocycles. The SMILES string of the molecule is NC[C@@H](c1ccsc1)N1CCCC1. The molecule has 2 rings (SSSR count). The monoisotopic (exact) mass is 196 g/mol. The van der Waals surface area contributed by atoms with E-state index in [0.29, 0.717) is 6.04 Å². The zero-order chi connectivity index (χ0) is 9.10. The third kappa shape index (κ3) is 1.93. The fourth-order valence-electron chi connectivity index (χ4n) is 2.01. The third-order valence-electron chi connectivity index (χ3n) is 2.73. The Morgan fingerprint density at radius 3 is 2.77 bits per heavy atom. The molecular formula is C10H16N2S. The first-order valence-electron chi connectivity index (χ1n) is 4.88. The molecule has 0 aromatic carbocycles. The van der Waals surface area contributed by atoms with Crippen LogP contribution < -0.4 is 5.73 Å². The van der Waals surface area contributed by atoms with Crippen LogP contribution in [0, 0.1) is 0 Å². The Hall–Kier alpha value is -0.380. The van der Waals surface area contributed by atoms with Crippen molar-refractivity contribution in [2.75, 3.05) is 19.6 Å². The molecule has 2 nitrogen and oxygen atoms in total. The van der Waals surface area contributed by atoms with Gasteiger partial charge in [-0.15, -0.1) is 0 Å². The molecule has 3 heteroatoms. The van der Waals surface area contributed by atoms with Crippen molar-refractivity contribution >= 4 is 11.3 Å². The molecule has 72 valence electrons. The number of hydrogen-bond acceptors (Lipinski definition) is 3. The minimum Gasteiger partial charge on any atom is -0.329 e. The Kier molecular flexibility index (Phi) is 2.98. The maximum atomic E-state index is 5.81. The van der Waals surface area contributed by atoms with Crippen LogP contribution in [0.5, 0.6) is 0 Å². The van der Waals surface area contributed by atoms with Crippen LogP contribution in [-0.2, 0) is 0 Å². The van der Waals surface area contributed by atoms with Gasteiger partial charge in [-0.3, -0.25) is 4.90 Å². The van der Waals surface area contributed by atoms with E-state index in [1.54, 1.807) is 11.3 Å². The predicted molar refractivity (Wildman–Crippen MR) is 56.9 cm³/mol. The van der Waals surface area contributed by atoms with Gasteiger partial charge in [0.25, 0.3) is 0 Å². The summed E-state index contributed by atoms with van der Waals surface area (Å²) >= 11 is 1.76. The van der Waals surface area contributed by atoms with Crippen molar-refractivity contribution in [3.8, 4) is 0 Å². The van der Waals surface area contributed by atoms with Gasteiger partial charge in [-0.05, 0) is 48.3 Å². The molecule has 0 unspecified atom stereocenters. The number of rotatable bonds is 3. The van der Waals surface area contributed by atoms with Gasteiger partial charge in [-0.1, -0.05) is 0 Å². The first-order chi connectivity index (χ1) is 6.42. The number of nitrogens with zero attached hydrogens (tertiary/aromatic N) is 1. The topological polar surface area (TPSA) is 29.3 Å². The van der Waals surface area contributed by atoms with E-state index in [1.165, 1.54) is 31.5 Å². The Bertz CT molecular complexity index is 239. The summed E-state index contributed by atoms with van der Waals surface area (Å²) in [7, 11) is 0. The first-order valence-corrected chi connectivity index (χ1v) is 5.82. The van der Waals surface area contributed by atoms with Crippen molar-refractivity contribution in [1.82, 2.24) is 4.90 Å². The third-order valence-corrected chi connectivity index (χ3v) is 3.43. The number of hydrogen-bond donors (Lipinski definition) is 1. The van der Waals surface area contributed by atoms with Crippen LogP contribution >= 0.6 is 11.3 Å². The molecule has 1 aromatic heterocycles. The molecule has 0 amide bonds. The van der Waals surface area contributed by atoms with E-state index in [4.69, 9.17) is 5.73 Å². The fourth-order valence-corrected chi connectivity index (χ4v) is 2.72. The summed E-state index contributed by atoms with van der Waals surface area (Å²) < 4.78 is 0. The number of likely N-dealkylation sites (tertiary alicyclic amines) is 1. The fraction of sp³-hybridized carbons (Fsp3) is 0.600. The molecule has 0 bridgehead atoms. The molecule has 2 N–H and O–H groups in total. The molecule has 1 aliphatic heterocycles. The molecule has 0 spiro atoms. The number of nitrogens with two attached hydrogens (primary N) is 1. The summed E-state index contributed by atoms with van der Waals surface area (Å²) in [6.07, 6.45) is 2.67. The smallest absolute Gasteiger partial charge is 0.0478 e. The second-order valence-corrected chi connectivity index (χ2v) is 4.33. The molecule has 1 aromatic rings. The summed E-state index contributed by atoms with van der Waals surface area (Å²) in [5, 5.41) is 4.35. The van der Waals surface area contributed by atoms with E-state index >= 15 is 0 Å². The van der Waals surface area contributed by atoms with Crippen LogP contribution in [0.25, 0.3) is 0 Å². The predicted octanol–water partition coefficient (Wildman–Crippen LogP) is 1.84. The summed E-state index contributed by atoms with van der Waals surface area (Å²) in [4.78, 5) is 2.50. The van der Waals surface area contributed by atoms with Crippen molar-refractivity contribution in [3.63, 3.8) is 0 Å². The molecule has 1 atom stereocenters. The van der Waals surface area contributed by atoms with Gasteiger partial charge in [0.15, 0.2) is 0 Å². The quantitative estimate of drug-likeness (QED) is 0.799. The van der Waals surface area contributed by atoms with Crippen LogP contribution in [0.3, 0.4) is 0 Å². The van der Waals surface area contributed by atoms with Crippen molar-refractivity contribution in [1.29, 1.82) is 0 Å². The normalized spacial score (nSPS) is 20.7. The molecule has 0 radical (unpaired) electrons. The van der Waals surface area contributed by atoms with Gasteiger partial charge in [-0.25, -0.2) is 0 Å². The van der Waals surface area contributed by atoms with Crippen molar-refractivity contribution in [2.45, 2.75) is 18.9 Å². The van der Waals surface area contributed by atoms with Gasteiger partial charge >= 0.3 is 0 Å². The highest BCUT2D eigenvalue weighted by Crippen LogP contribution is 2.25. The van der Waals surface area contributed by atoms with E-state index < -0.39 is 0 Å². The first kappa shape index (κ1) is 9.19. The van der Waals surface area contributed by atoms with E-state index in [2.05, 4.69) is 21.7 Å². The van der Waals surface area contributed by atoms with E-state index in [1.807, 2.05) is 0 Å². The lowest BCUT2D eigenvalue weighted by atomic mass is 10.1.